The van der Waals surface area contributed by atoms with Crippen molar-refractivity contribution in [2.24, 2.45) is 0 Å². The maximum absolute atomic E-state index is 12.6. The van der Waals surface area contributed by atoms with Crippen LogP contribution >= 0.6 is 0 Å². The molecule has 3 heterocycles. The molecule has 6 aromatic rings. The highest BCUT2D eigenvalue weighted by molar-refractivity contribution is 6.51. The van der Waals surface area contributed by atoms with E-state index in [9.17, 15) is 29.1 Å². The van der Waals surface area contributed by atoms with Crippen LogP contribution in [-0.2, 0) is 24.0 Å². The third-order valence-electron chi connectivity index (χ3n) is 14.1. The number of anilines is 3. The summed E-state index contributed by atoms with van der Waals surface area (Å²) in [5.41, 5.74) is 14.3. The van der Waals surface area contributed by atoms with Crippen LogP contribution in [0.15, 0.2) is 102 Å². The standard InChI is InChI=1S/C21H21NO5.C21H23NO3.C20H21NO4/c1-11-6-7-15(9-17(11)27-14(4)23)19-20(24)21(25)22(19)16-8-12(2)13(3)18(10-16)26-5;1-13-9-18(11-20(25-5)15(13)3)22-12-17(21(22)23)10-16-6-7-19(24-4)14(2)8-16;1-12-7-16(10-19(25-4)13(12)2)21-11-15(20(21)23)8-14-5-6-18(24-3)17(22)9-14/h6-10,19H,1-5H3;6-11H,12H2,1-5H3;5-10,22H,11H2,1-4H3/b;17-10-;15-8-. The van der Waals surface area contributed by atoms with Crippen molar-refractivity contribution in [1.82, 2.24) is 0 Å². The summed E-state index contributed by atoms with van der Waals surface area (Å²) < 4.78 is 31.7. The molecule has 9 rings (SSSR count). The number of amides is 3. The van der Waals surface area contributed by atoms with Gasteiger partial charge in [-0.15, -0.1) is 0 Å². The molecule has 77 heavy (non-hydrogen) atoms. The molecule has 0 spiro atoms. The predicted molar refractivity (Wildman–Crippen MR) is 298 cm³/mol. The van der Waals surface area contributed by atoms with E-state index < -0.39 is 23.7 Å². The van der Waals surface area contributed by atoms with Crippen molar-refractivity contribution in [3.63, 3.8) is 0 Å². The summed E-state index contributed by atoms with van der Waals surface area (Å²) in [6.07, 6.45) is 3.74. The number of esters is 1. The zero-order valence-electron chi connectivity index (χ0n) is 46.1. The lowest BCUT2D eigenvalue weighted by Crippen LogP contribution is -2.56. The van der Waals surface area contributed by atoms with Gasteiger partial charge in [0, 0.05) is 53.3 Å². The molecule has 0 aromatic heterocycles. The summed E-state index contributed by atoms with van der Waals surface area (Å²) in [5, 5.41) is 9.84. The number of carbonyl (C=O) groups excluding carboxylic acids is 5. The van der Waals surface area contributed by atoms with E-state index >= 15 is 0 Å². The molecule has 1 N–H and O–H groups in total. The van der Waals surface area contributed by atoms with Gasteiger partial charge >= 0.3 is 5.97 Å². The number of phenolic OH excluding ortho intramolecular Hbond substituents is 1. The Hall–Kier alpha value is -8.85. The zero-order valence-corrected chi connectivity index (χ0v) is 46.1. The fourth-order valence-corrected chi connectivity index (χ4v) is 9.14. The molecule has 0 saturated carbocycles. The van der Waals surface area contributed by atoms with Gasteiger partial charge < -0.3 is 43.3 Å². The van der Waals surface area contributed by atoms with E-state index in [2.05, 4.69) is 0 Å². The molecular weight excluding hydrogens is 979 g/mol. The third-order valence-corrected chi connectivity index (χ3v) is 14.1. The number of aromatic hydroxyl groups is 1. The highest BCUT2D eigenvalue weighted by Gasteiger charge is 2.48. The third kappa shape index (κ3) is 11.7. The summed E-state index contributed by atoms with van der Waals surface area (Å²) in [6.45, 7) is 18.2. The van der Waals surface area contributed by atoms with Gasteiger partial charge in [0.25, 0.3) is 17.7 Å². The fourth-order valence-electron chi connectivity index (χ4n) is 9.14. The highest BCUT2D eigenvalue weighted by atomic mass is 16.5. The molecular formula is C62H65N3O12. The number of ketones is 1. The number of ether oxygens (including phenoxy) is 6. The van der Waals surface area contributed by atoms with Crippen molar-refractivity contribution in [3.05, 3.63) is 163 Å². The van der Waals surface area contributed by atoms with E-state index in [1.54, 1.807) is 86.8 Å². The SMILES string of the molecule is COc1cc(N2C(=O)C(=O)C2c2ccc(C)c(OC(C)=O)c2)cc(C)c1C.COc1ccc(/C=C2/CN(c3cc(C)c(C)c(OC)c3)C2=O)cc1C.COc1ccc(/C=C2/CN(c3cc(C)c(C)c(OC)c3)C2=O)cc1O. The van der Waals surface area contributed by atoms with Crippen LogP contribution in [0.5, 0.6) is 40.2 Å². The lowest BCUT2D eigenvalue weighted by Gasteiger charge is -2.39. The lowest BCUT2D eigenvalue weighted by molar-refractivity contribution is -0.143. The molecule has 1 atom stereocenters. The number of aryl methyl sites for hydroxylation is 5. The summed E-state index contributed by atoms with van der Waals surface area (Å²) in [5.74, 6) is 2.43. The molecule has 3 aliphatic heterocycles. The van der Waals surface area contributed by atoms with E-state index in [1.165, 1.54) is 18.9 Å². The number of hydrogen-bond donors (Lipinski definition) is 1. The minimum atomic E-state index is -0.751. The van der Waals surface area contributed by atoms with Gasteiger partial charge in [0.1, 0.15) is 34.8 Å². The van der Waals surface area contributed by atoms with E-state index in [-0.39, 0.29) is 17.6 Å². The second kappa shape index (κ2) is 23.4. The fraction of sp³-hybridized carbons (Fsp3) is 0.274. The van der Waals surface area contributed by atoms with E-state index in [1.807, 2.05) is 110 Å². The maximum atomic E-state index is 12.6. The van der Waals surface area contributed by atoms with Crippen LogP contribution in [-0.4, -0.2) is 83.2 Å². The van der Waals surface area contributed by atoms with Gasteiger partial charge in [-0.3, -0.25) is 28.9 Å². The summed E-state index contributed by atoms with van der Waals surface area (Å²) in [7, 11) is 8.01. The second-order valence-electron chi connectivity index (χ2n) is 19.1. The second-order valence-corrected chi connectivity index (χ2v) is 19.1. The Bertz CT molecular complexity index is 3260. The summed E-state index contributed by atoms with van der Waals surface area (Å²) in [6, 6.07) is 26.9. The predicted octanol–water partition coefficient (Wildman–Crippen LogP) is 10.7. The molecule has 3 saturated heterocycles. The van der Waals surface area contributed by atoms with Gasteiger partial charge in [-0.25, -0.2) is 0 Å². The molecule has 400 valence electrons. The zero-order chi connectivity index (χ0) is 56.2. The van der Waals surface area contributed by atoms with Crippen LogP contribution in [0.1, 0.15) is 74.2 Å². The highest BCUT2D eigenvalue weighted by Crippen LogP contribution is 2.41. The Morgan fingerprint density at radius 1 is 0.481 bits per heavy atom. The number of β-lactam (4-membered cyclic amide) rings is 3. The number of Topliss-reactive ketones (excluding diaryl/α,β-unsaturated/α-hetero) is 1. The number of methoxy groups -OCH3 is 5. The van der Waals surface area contributed by atoms with Crippen LogP contribution in [0.3, 0.4) is 0 Å². The van der Waals surface area contributed by atoms with Crippen molar-refractivity contribution in [3.8, 4) is 40.2 Å². The normalized spacial score (nSPS) is 15.6. The maximum Gasteiger partial charge on any atom is 0.308 e. The topological polar surface area (TPSA) is 171 Å². The Kier molecular flexibility index (Phi) is 17.0. The minimum absolute atomic E-state index is 0.0405. The molecule has 6 aromatic carbocycles. The van der Waals surface area contributed by atoms with Gasteiger partial charge in [0.15, 0.2) is 11.5 Å². The molecule has 15 nitrogen and oxygen atoms in total. The van der Waals surface area contributed by atoms with Gasteiger partial charge in [0.05, 0.1) is 48.6 Å². The Balaban J connectivity index is 0.000000168. The molecule has 0 bridgehead atoms. The largest absolute Gasteiger partial charge is 0.504 e. The Morgan fingerprint density at radius 2 is 0.922 bits per heavy atom. The average Bonchev–Trinajstić information content (AvgIpc) is 3.40. The summed E-state index contributed by atoms with van der Waals surface area (Å²) in [4.78, 5) is 66.0. The van der Waals surface area contributed by atoms with Gasteiger partial charge in [-0.05, 0) is 177 Å². The van der Waals surface area contributed by atoms with Gasteiger partial charge in [-0.2, -0.15) is 0 Å². The van der Waals surface area contributed by atoms with Crippen molar-refractivity contribution in [2.45, 2.75) is 68.4 Å². The first-order chi connectivity index (χ1) is 36.6. The number of hydrogen-bond acceptors (Lipinski definition) is 12. The van der Waals surface area contributed by atoms with Gasteiger partial charge in [-0.1, -0.05) is 24.3 Å². The molecule has 1 unspecified atom stereocenters. The Labute approximate surface area is 449 Å². The lowest BCUT2D eigenvalue weighted by atomic mass is 9.90. The number of phenols is 1. The van der Waals surface area contributed by atoms with Crippen LogP contribution in [0, 0.1) is 55.4 Å². The molecule has 15 heteroatoms. The van der Waals surface area contributed by atoms with Crippen LogP contribution < -0.4 is 43.1 Å². The molecule has 3 amide bonds. The summed E-state index contributed by atoms with van der Waals surface area (Å²) >= 11 is 0. The van der Waals surface area contributed by atoms with Crippen LogP contribution in [0.4, 0.5) is 17.1 Å². The number of carbonyl (C=O) groups is 5. The van der Waals surface area contributed by atoms with Crippen molar-refractivity contribution in [2.75, 3.05) is 63.3 Å². The van der Waals surface area contributed by atoms with Crippen molar-refractivity contribution in [1.29, 1.82) is 0 Å². The molecule has 3 aliphatic rings. The first kappa shape index (κ1) is 55.9. The van der Waals surface area contributed by atoms with Crippen molar-refractivity contribution < 1.29 is 57.5 Å². The molecule has 0 radical (unpaired) electrons. The number of nitrogens with zero attached hydrogens (tertiary/aromatic N) is 3. The molecule has 3 fully saturated rings. The van der Waals surface area contributed by atoms with Crippen molar-refractivity contribution >= 4 is 58.7 Å². The van der Waals surface area contributed by atoms with Gasteiger partial charge in [0.2, 0.25) is 5.78 Å². The molecule has 0 aliphatic carbocycles. The monoisotopic (exact) mass is 1040 g/mol. The number of rotatable bonds is 12. The average molecular weight is 1040 g/mol. The smallest absolute Gasteiger partial charge is 0.308 e. The number of benzene rings is 6. The van der Waals surface area contributed by atoms with E-state index in [0.717, 1.165) is 89.8 Å². The van der Waals surface area contributed by atoms with Crippen LogP contribution in [0.2, 0.25) is 0 Å². The Morgan fingerprint density at radius 3 is 1.35 bits per heavy atom. The first-order valence-electron chi connectivity index (χ1n) is 24.8. The minimum Gasteiger partial charge on any atom is -0.504 e. The van der Waals surface area contributed by atoms with E-state index in [4.69, 9.17) is 28.4 Å². The first-order valence-corrected chi connectivity index (χ1v) is 24.8. The van der Waals surface area contributed by atoms with Crippen LogP contribution in [0.25, 0.3) is 12.2 Å². The van der Waals surface area contributed by atoms with E-state index in [0.29, 0.717) is 47.2 Å². The quantitative estimate of drug-likeness (QED) is 0.0405.